The SMILES string of the molecule is CCNC(=S)N/N=C/c1ccc(OCc2ccc(C)cc2)c(OCC)c1. The standard InChI is InChI=1S/C20H25N3O2S/c1-4-21-20(26)23-22-13-17-10-11-18(19(12-17)24-5-2)25-14-16-8-6-15(3)7-9-16/h6-13H,4-5,14H2,1-3H3,(H2,21,23,26)/b22-13+. The Morgan fingerprint density at radius 1 is 1.08 bits per heavy atom. The fourth-order valence-electron chi connectivity index (χ4n) is 2.20. The van der Waals surface area contributed by atoms with E-state index in [1.54, 1.807) is 6.21 Å². The highest BCUT2D eigenvalue weighted by Gasteiger charge is 2.06. The van der Waals surface area contributed by atoms with Gasteiger partial charge in [-0.1, -0.05) is 29.8 Å². The molecule has 0 spiro atoms. The summed E-state index contributed by atoms with van der Waals surface area (Å²) in [5, 5.41) is 7.58. The first-order chi connectivity index (χ1) is 12.6. The molecule has 0 heterocycles. The van der Waals surface area contributed by atoms with Crippen LogP contribution in [0.3, 0.4) is 0 Å². The summed E-state index contributed by atoms with van der Waals surface area (Å²) in [5.74, 6) is 1.40. The van der Waals surface area contributed by atoms with E-state index in [-0.39, 0.29) is 0 Å². The third kappa shape index (κ3) is 6.37. The molecule has 6 heteroatoms. The first kappa shape index (κ1) is 19.7. The first-order valence-corrected chi connectivity index (χ1v) is 9.05. The van der Waals surface area contributed by atoms with Crippen LogP contribution in [0.1, 0.15) is 30.5 Å². The van der Waals surface area contributed by atoms with Crippen molar-refractivity contribution in [3.63, 3.8) is 0 Å². The lowest BCUT2D eigenvalue weighted by Crippen LogP contribution is -2.31. The van der Waals surface area contributed by atoms with Gasteiger partial charge < -0.3 is 14.8 Å². The third-order valence-corrected chi connectivity index (χ3v) is 3.74. The van der Waals surface area contributed by atoms with Crippen molar-refractivity contribution in [3.8, 4) is 11.5 Å². The van der Waals surface area contributed by atoms with Gasteiger partial charge in [-0.25, -0.2) is 0 Å². The number of hydrazone groups is 1. The zero-order valence-corrected chi connectivity index (χ0v) is 16.2. The fourth-order valence-corrected chi connectivity index (χ4v) is 2.40. The van der Waals surface area contributed by atoms with Gasteiger partial charge in [0.1, 0.15) is 6.61 Å². The summed E-state index contributed by atoms with van der Waals surface area (Å²) in [6, 6.07) is 14.0. The molecule has 0 aromatic heterocycles. The highest BCUT2D eigenvalue weighted by atomic mass is 32.1. The maximum Gasteiger partial charge on any atom is 0.186 e. The molecule has 0 aliphatic carbocycles. The minimum Gasteiger partial charge on any atom is -0.490 e. The van der Waals surface area contributed by atoms with Crippen molar-refractivity contribution < 1.29 is 9.47 Å². The van der Waals surface area contributed by atoms with Crippen molar-refractivity contribution in [1.29, 1.82) is 0 Å². The molecule has 0 amide bonds. The molecule has 0 radical (unpaired) electrons. The predicted octanol–water partition coefficient (Wildman–Crippen LogP) is 3.79. The van der Waals surface area contributed by atoms with E-state index >= 15 is 0 Å². The summed E-state index contributed by atoms with van der Waals surface area (Å²) < 4.78 is 11.6. The van der Waals surface area contributed by atoms with Gasteiger partial charge in [-0.15, -0.1) is 0 Å². The molecule has 138 valence electrons. The van der Waals surface area contributed by atoms with E-state index in [2.05, 4.69) is 47.0 Å². The number of hydrogen-bond acceptors (Lipinski definition) is 4. The van der Waals surface area contributed by atoms with Gasteiger partial charge in [0.25, 0.3) is 0 Å². The summed E-state index contributed by atoms with van der Waals surface area (Å²) in [7, 11) is 0. The molecule has 0 atom stereocenters. The van der Waals surface area contributed by atoms with Gasteiger partial charge in [0.2, 0.25) is 0 Å². The van der Waals surface area contributed by atoms with Crippen LogP contribution < -0.4 is 20.2 Å². The van der Waals surface area contributed by atoms with Crippen molar-refractivity contribution in [2.75, 3.05) is 13.2 Å². The van der Waals surface area contributed by atoms with Crippen LogP contribution in [0, 0.1) is 6.92 Å². The minimum atomic E-state index is 0.492. The Hall–Kier alpha value is -2.60. The van der Waals surface area contributed by atoms with Crippen molar-refractivity contribution in [2.45, 2.75) is 27.4 Å². The lowest BCUT2D eigenvalue weighted by molar-refractivity contribution is 0.269. The van der Waals surface area contributed by atoms with Crippen LogP contribution in [0.5, 0.6) is 11.5 Å². The second-order valence-electron chi connectivity index (χ2n) is 5.64. The summed E-state index contributed by atoms with van der Waals surface area (Å²) in [6.45, 7) is 7.79. The minimum absolute atomic E-state index is 0.492. The second-order valence-corrected chi connectivity index (χ2v) is 6.05. The maximum absolute atomic E-state index is 5.93. The van der Waals surface area contributed by atoms with Crippen molar-refractivity contribution in [3.05, 3.63) is 59.2 Å². The van der Waals surface area contributed by atoms with Crippen LogP contribution in [0.15, 0.2) is 47.6 Å². The summed E-state index contributed by atoms with van der Waals surface area (Å²) in [4.78, 5) is 0. The average Bonchev–Trinajstić information content (AvgIpc) is 2.63. The number of aryl methyl sites for hydroxylation is 1. The van der Waals surface area contributed by atoms with Crippen LogP contribution in [-0.2, 0) is 6.61 Å². The molecule has 0 aliphatic rings. The third-order valence-electron chi connectivity index (χ3n) is 3.50. The van der Waals surface area contributed by atoms with Crippen molar-refractivity contribution in [2.24, 2.45) is 5.10 Å². The number of rotatable bonds is 8. The molecule has 0 bridgehead atoms. The van der Waals surface area contributed by atoms with Crippen LogP contribution in [0.4, 0.5) is 0 Å². The number of ether oxygens (including phenoxy) is 2. The Kier molecular flexibility index (Phi) is 7.89. The molecule has 2 aromatic rings. The number of hydrogen-bond donors (Lipinski definition) is 2. The highest BCUT2D eigenvalue weighted by Crippen LogP contribution is 2.28. The molecular weight excluding hydrogens is 346 g/mol. The fraction of sp³-hybridized carbons (Fsp3) is 0.300. The van der Waals surface area contributed by atoms with E-state index in [1.165, 1.54) is 5.56 Å². The Morgan fingerprint density at radius 2 is 1.85 bits per heavy atom. The van der Waals surface area contributed by atoms with Gasteiger partial charge in [0.15, 0.2) is 16.6 Å². The Labute approximate surface area is 160 Å². The normalized spacial score (nSPS) is 10.6. The average molecular weight is 372 g/mol. The Bertz CT molecular complexity index is 745. The van der Waals surface area contributed by atoms with E-state index in [4.69, 9.17) is 21.7 Å². The number of nitrogens with one attached hydrogen (secondary N) is 2. The predicted molar refractivity (Wildman–Crippen MR) is 110 cm³/mol. The lowest BCUT2D eigenvalue weighted by Gasteiger charge is -2.13. The molecule has 5 nitrogen and oxygen atoms in total. The van der Waals surface area contributed by atoms with Crippen LogP contribution in [-0.4, -0.2) is 24.5 Å². The number of nitrogens with zero attached hydrogens (tertiary/aromatic N) is 1. The molecule has 0 fully saturated rings. The van der Waals surface area contributed by atoms with Gasteiger partial charge in [-0.2, -0.15) is 5.10 Å². The zero-order chi connectivity index (χ0) is 18.8. The Balaban J connectivity index is 2.03. The van der Waals surface area contributed by atoms with E-state index < -0.39 is 0 Å². The maximum atomic E-state index is 5.93. The lowest BCUT2D eigenvalue weighted by atomic mass is 10.2. The van der Waals surface area contributed by atoms with Gasteiger partial charge in [0.05, 0.1) is 12.8 Å². The molecule has 2 N–H and O–H groups in total. The molecule has 0 saturated carbocycles. The second kappa shape index (κ2) is 10.4. The molecule has 0 aliphatic heterocycles. The smallest absolute Gasteiger partial charge is 0.186 e. The first-order valence-electron chi connectivity index (χ1n) is 8.64. The van der Waals surface area contributed by atoms with Crippen molar-refractivity contribution in [1.82, 2.24) is 10.7 Å². The van der Waals surface area contributed by atoms with Gasteiger partial charge in [0, 0.05) is 6.54 Å². The molecule has 0 saturated heterocycles. The number of benzene rings is 2. The molecular formula is C20H25N3O2S. The van der Waals surface area contributed by atoms with Gasteiger partial charge in [-0.3, -0.25) is 5.43 Å². The summed E-state index contributed by atoms with van der Waals surface area (Å²) in [6.07, 6.45) is 1.69. The zero-order valence-electron chi connectivity index (χ0n) is 15.4. The van der Waals surface area contributed by atoms with Crippen LogP contribution in [0.2, 0.25) is 0 Å². The van der Waals surface area contributed by atoms with Crippen LogP contribution >= 0.6 is 12.2 Å². The summed E-state index contributed by atoms with van der Waals surface area (Å²) in [5.41, 5.74) is 6.01. The van der Waals surface area contributed by atoms with Gasteiger partial charge >= 0.3 is 0 Å². The van der Waals surface area contributed by atoms with E-state index in [0.29, 0.717) is 29.8 Å². The quantitative estimate of drug-likeness (QED) is 0.420. The highest BCUT2D eigenvalue weighted by molar-refractivity contribution is 7.80. The molecule has 26 heavy (non-hydrogen) atoms. The van der Waals surface area contributed by atoms with Crippen LogP contribution in [0.25, 0.3) is 0 Å². The molecule has 2 rings (SSSR count). The van der Waals surface area contributed by atoms with Gasteiger partial charge in [-0.05, 0) is 62.3 Å². The largest absolute Gasteiger partial charge is 0.490 e. The molecule has 0 unspecified atom stereocenters. The monoisotopic (exact) mass is 371 g/mol. The van der Waals surface area contributed by atoms with E-state index in [1.807, 2.05) is 32.0 Å². The Morgan fingerprint density at radius 3 is 2.54 bits per heavy atom. The molecule has 2 aromatic carbocycles. The topological polar surface area (TPSA) is 54.9 Å². The van der Waals surface area contributed by atoms with E-state index in [9.17, 15) is 0 Å². The summed E-state index contributed by atoms with van der Waals surface area (Å²) >= 11 is 5.06. The number of thiocarbonyl (C=S) groups is 1. The van der Waals surface area contributed by atoms with Crippen molar-refractivity contribution >= 4 is 23.5 Å². The van der Waals surface area contributed by atoms with E-state index in [0.717, 1.165) is 17.7 Å².